The van der Waals surface area contributed by atoms with Gasteiger partial charge in [-0.3, -0.25) is 4.68 Å². The number of nitrogens with zero attached hydrogens (tertiary/aromatic N) is 3. The Balaban J connectivity index is 2.06. The number of aryl methyl sites for hydroxylation is 2. The number of anilines is 1. The van der Waals surface area contributed by atoms with E-state index in [0.29, 0.717) is 0 Å². The molecule has 5 heteroatoms. The molecule has 0 fully saturated rings. The molecule has 15 heavy (non-hydrogen) atoms. The van der Waals surface area contributed by atoms with Crippen LogP contribution in [0.2, 0.25) is 0 Å². The Bertz CT molecular complexity index is 446. The molecule has 0 aliphatic carbocycles. The Kier molecular flexibility index (Phi) is 2.73. The lowest BCUT2D eigenvalue weighted by atomic mass is 10.2. The molecule has 0 spiro atoms. The van der Waals surface area contributed by atoms with Crippen molar-refractivity contribution in [2.75, 3.05) is 5.32 Å². The van der Waals surface area contributed by atoms with Gasteiger partial charge in [-0.1, -0.05) is 0 Å². The third-order valence-corrected chi connectivity index (χ3v) is 2.95. The lowest BCUT2D eigenvalue weighted by Gasteiger charge is -2.09. The quantitative estimate of drug-likeness (QED) is 0.867. The van der Waals surface area contributed by atoms with Gasteiger partial charge in [-0.25, -0.2) is 4.98 Å². The molecule has 0 aliphatic heterocycles. The Hall–Kier alpha value is -1.36. The number of thiazole rings is 1. The van der Waals surface area contributed by atoms with Gasteiger partial charge in [0.25, 0.3) is 0 Å². The van der Waals surface area contributed by atoms with Crippen LogP contribution in [0.5, 0.6) is 0 Å². The predicted molar refractivity (Wildman–Crippen MR) is 62.1 cm³/mol. The first-order valence-corrected chi connectivity index (χ1v) is 5.71. The van der Waals surface area contributed by atoms with Crippen molar-refractivity contribution in [2.45, 2.75) is 19.9 Å². The Labute approximate surface area is 93.0 Å². The van der Waals surface area contributed by atoms with Crippen LogP contribution in [0.15, 0.2) is 17.6 Å². The fraction of sp³-hybridized carbons (Fsp3) is 0.400. The smallest absolute Gasteiger partial charge is 0.148 e. The highest BCUT2D eigenvalue weighted by Gasteiger charge is 2.09. The van der Waals surface area contributed by atoms with Gasteiger partial charge in [-0.15, -0.1) is 11.3 Å². The lowest BCUT2D eigenvalue weighted by Crippen LogP contribution is -2.07. The molecule has 0 aromatic carbocycles. The maximum atomic E-state index is 4.44. The molecule has 1 atom stereocenters. The van der Waals surface area contributed by atoms with Crippen LogP contribution in [0, 0.1) is 6.92 Å². The molecule has 0 amide bonds. The molecule has 2 aromatic rings. The van der Waals surface area contributed by atoms with E-state index in [1.54, 1.807) is 16.0 Å². The molecule has 2 aromatic heterocycles. The summed E-state index contributed by atoms with van der Waals surface area (Å²) in [6, 6.07) is 2.15. The molecule has 2 rings (SSSR count). The normalized spacial score (nSPS) is 12.7. The van der Waals surface area contributed by atoms with Crippen LogP contribution < -0.4 is 5.32 Å². The van der Waals surface area contributed by atoms with Crippen LogP contribution in [0.25, 0.3) is 0 Å². The summed E-state index contributed by atoms with van der Waals surface area (Å²) in [6.07, 6.45) is 1.92. The van der Waals surface area contributed by atoms with Crippen molar-refractivity contribution in [1.29, 1.82) is 0 Å². The molecule has 0 saturated carbocycles. The fourth-order valence-electron chi connectivity index (χ4n) is 1.37. The summed E-state index contributed by atoms with van der Waals surface area (Å²) < 4.78 is 1.78. The summed E-state index contributed by atoms with van der Waals surface area (Å²) in [7, 11) is 1.91. The first-order valence-electron chi connectivity index (χ1n) is 4.83. The molecule has 4 nitrogen and oxygen atoms in total. The van der Waals surface area contributed by atoms with E-state index in [2.05, 4.69) is 27.7 Å². The monoisotopic (exact) mass is 222 g/mol. The molecule has 1 unspecified atom stereocenters. The van der Waals surface area contributed by atoms with Gasteiger partial charge >= 0.3 is 0 Å². The number of aromatic nitrogens is 3. The summed E-state index contributed by atoms with van der Waals surface area (Å²) >= 11 is 1.67. The van der Waals surface area contributed by atoms with Crippen molar-refractivity contribution in [2.24, 2.45) is 7.05 Å². The Morgan fingerprint density at radius 3 is 2.87 bits per heavy atom. The van der Waals surface area contributed by atoms with E-state index in [0.717, 1.165) is 16.5 Å². The molecule has 0 aliphatic rings. The minimum absolute atomic E-state index is 0.199. The van der Waals surface area contributed by atoms with Gasteiger partial charge in [-0.2, -0.15) is 5.10 Å². The molecular weight excluding hydrogens is 208 g/mol. The van der Waals surface area contributed by atoms with E-state index in [1.807, 2.05) is 26.2 Å². The summed E-state index contributed by atoms with van der Waals surface area (Å²) in [4.78, 5) is 4.44. The second-order valence-corrected chi connectivity index (χ2v) is 4.59. The maximum Gasteiger partial charge on any atom is 0.148 e. The van der Waals surface area contributed by atoms with Crippen LogP contribution in [0.4, 0.5) is 5.82 Å². The Morgan fingerprint density at radius 2 is 2.33 bits per heavy atom. The van der Waals surface area contributed by atoms with Gasteiger partial charge in [0.05, 0.1) is 16.7 Å². The number of nitrogens with one attached hydrogen (secondary N) is 1. The van der Waals surface area contributed by atoms with E-state index in [-0.39, 0.29) is 6.04 Å². The minimum Gasteiger partial charge on any atom is -0.360 e. The zero-order valence-corrected chi connectivity index (χ0v) is 9.88. The van der Waals surface area contributed by atoms with Crippen molar-refractivity contribution in [3.63, 3.8) is 0 Å². The van der Waals surface area contributed by atoms with Crippen LogP contribution in [0.1, 0.15) is 23.7 Å². The Morgan fingerprint density at radius 1 is 1.53 bits per heavy atom. The highest BCUT2D eigenvalue weighted by molar-refractivity contribution is 7.09. The molecule has 0 radical (unpaired) electrons. The zero-order chi connectivity index (χ0) is 10.8. The molecular formula is C10H14N4S. The first-order chi connectivity index (χ1) is 7.15. The molecule has 1 N–H and O–H groups in total. The number of hydrogen-bond acceptors (Lipinski definition) is 4. The summed E-state index contributed by atoms with van der Waals surface area (Å²) in [5, 5.41) is 10.7. The second-order valence-electron chi connectivity index (χ2n) is 3.53. The van der Waals surface area contributed by atoms with Crippen LogP contribution >= 0.6 is 11.3 Å². The maximum absolute atomic E-state index is 4.44. The topological polar surface area (TPSA) is 42.7 Å². The van der Waals surface area contributed by atoms with Crippen molar-refractivity contribution in [1.82, 2.24) is 14.8 Å². The number of rotatable bonds is 3. The van der Waals surface area contributed by atoms with E-state index in [9.17, 15) is 0 Å². The minimum atomic E-state index is 0.199. The number of hydrogen-bond donors (Lipinski definition) is 1. The van der Waals surface area contributed by atoms with Gasteiger partial charge in [0, 0.05) is 24.7 Å². The third-order valence-electron chi connectivity index (χ3n) is 2.16. The standard InChI is InChI=1S/C10H14N4S/c1-7(9-6-15-8(2)12-9)11-10-4-5-14(3)13-10/h4-7H,1-3H3,(H,11,13). The predicted octanol–water partition coefficient (Wildman–Crippen LogP) is 2.36. The third kappa shape index (κ3) is 2.36. The van der Waals surface area contributed by atoms with Gasteiger partial charge in [0.1, 0.15) is 5.82 Å². The zero-order valence-electron chi connectivity index (χ0n) is 9.06. The van der Waals surface area contributed by atoms with Gasteiger partial charge in [-0.05, 0) is 13.8 Å². The summed E-state index contributed by atoms with van der Waals surface area (Å²) in [5.74, 6) is 0.885. The highest BCUT2D eigenvalue weighted by Crippen LogP contribution is 2.19. The van der Waals surface area contributed by atoms with Crippen molar-refractivity contribution >= 4 is 17.2 Å². The van der Waals surface area contributed by atoms with Gasteiger partial charge in [0.15, 0.2) is 0 Å². The SMILES string of the molecule is Cc1nc(C(C)Nc2ccn(C)n2)cs1. The van der Waals surface area contributed by atoms with Crippen molar-refractivity contribution < 1.29 is 0 Å². The summed E-state index contributed by atoms with van der Waals surface area (Å²) in [5.41, 5.74) is 1.07. The lowest BCUT2D eigenvalue weighted by molar-refractivity contribution is 0.756. The van der Waals surface area contributed by atoms with Crippen LogP contribution in [-0.4, -0.2) is 14.8 Å². The largest absolute Gasteiger partial charge is 0.360 e. The average Bonchev–Trinajstić information content (AvgIpc) is 2.75. The average molecular weight is 222 g/mol. The van der Waals surface area contributed by atoms with Gasteiger partial charge < -0.3 is 5.32 Å². The van der Waals surface area contributed by atoms with E-state index in [4.69, 9.17) is 0 Å². The molecule has 0 bridgehead atoms. The fourth-order valence-corrected chi connectivity index (χ4v) is 2.07. The first kappa shape index (κ1) is 10.2. The molecule has 80 valence electrons. The van der Waals surface area contributed by atoms with Crippen LogP contribution in [0.3, 0.4) is 0 Å². The molecule has 2 heterocycles. The van der Waals surface area contributed by atoms with E-state index >= 15 is 0 Å². The summed E-state index contributed by atoms with van der Waals surface area (Å²) in [6.45, 7) is 4.10. The van der Waals surface area contributed by atoms with E-state index in [1.165, 1.54) is 0 Å². The van der Waals surface area contributed by atoms with Crippen molar-refractivity contribution in [3.05, 3.63) is 28.3 Å². The van der Waals surface area contributed by atoms with Crippen molar-refractivity contribution in [3.8, 4) is 0 Å². The van der Waals surface area contributed by atoms with E-state index < -0.39 is 0 Å². The second kappa shape index (κ2) is 4.02. The highest BCUT2D eigenvalue weighted by atomic mass is 32.1. The van der Waals surface area contributed by atoms with Gasteiger partial charge in [0.2, 0.25) is 0 Å². The molecule has 0 saturated heterocycles. The van der Waals surface area contributed by atoms with Crippen LogP contribution in [-0.2, 0) is 7.05 Å².